The zero-order chi connectivity index (χ0) is 14.5. The molecule has 0 radical (unpaired) electrons. The minimum Gasteiger partial charge on any atom is -0.496 e. The number of hydrogen-bond donors (Lipinski definition) is 1. The Morgan fingerprint density at radius 3 is 2.55 bits per heavy atom. The van der Waals surface area contributed by atoms with Crippen molar-refractivity contribution in [3.8, 4) is 17.2 Å². The first-order chi connectivity index (χ1) is 9.65. The van der Waals surface area contributed by atoms with Crippen LogP contribution in [0.3, 0.4) is 0 Å². The standard InChI is InChI=1S/C14H14Br2N2O2/c1-17-7-9-8-18-4-3-12(9)20-14-6-10(15)13(19-2)5-11(14)16/h3-6,8,17H,7H2,1-2H3. The number of methoxy groups -OCH3 is 1. The summed E-state index contributed by atoms with van der Waals surface area (Å²) in [4.78, 5) is 4.11. The molecular weight excluding hydrogens is 388 g/mol. The van der Waals surface area contributed by atoms with Crippen LogP contribution in [0, 0.1) is 0 Å². The summed E-state index contributed by atoms with van der Waals surface area (Å²) in [6.45, 7) is 0.693. The zero-order valence-corrected chi connectivity index (χ0v) is 14.3. The van der Waals surface area contributed by atoms with Crippen molar-refractivity contribution < 1.29 is 9.47 Å². The molecule has 0 unspecified atom stereocenters. The molecule has 0 aliphatic carbocycles. The summed E-state index contributed by atoms with van der Waals surface area (Å²) in [5.41, 5.74) is 0.994. The Morgan fingerprint density at radius 2 is 1.85 bits per heavy atom. The highest BCUT2D eigenvalue weighted by Gasteiger charge is 2.11. The highest BCUT2D eigenvalue weighted by Crippen LogP contribution is 2.38. The van der Waals surface area contributed by atoms with Gasteiger partial charge >= 0.3 is 0 Å². The maximum absolute atomic E-state index is 5.96. The minimum absolute atomic E-state index is 0.693. The van der Waals surface area contributed by atoms with E-state index in [0.29, 0.717) is 12.3 Å². The second kappa shape index (κ2) is 7.06. The summed E-state index contributed by atoms with van der Waals surface area (Å²) >= 11 is 6.94. The summed E-state index contributed by atoms with van der Waals surface area (Å²) in [6.07, 6.45) is 3.50. The molecule has 2 rings (SSSR count). The Labute approximate surface area is 134 Å². The van der Waals surface area contributed by atoms with E-state index in [4.69, 9.17) is 9.47 Å². The van der Waals surface area contributed by atoms with Crippen molar-refractivity contribution in [2.24, 2.45) is 0 Å². The van der Waals surface area contributed by atoms with Crippen molar-refractivity contribution >= 4 is 31.9 Å². The average molecular weight is 402 g/mol. The number of rotatable bonds is 5. The van der Waals surface area contributed by atoms with Crippen LogP contribution in [-0.2, 0) is 6.54 Å². The summed E-state index contributed by atoms with van der Waals surface area (Å²) in [5, 5.41) is 3.09. The lowest BCUT2D eigenvalue weighted by atomic mass is 10.2. The lowest BCUT2D eigenvalue weighted by Crippen LogP contribution is -2.06. The van der Waals surface area contributed by atoms with Gasteiger partial charge in [-0.2, -0.15) is 0 Å². The number of benzene rings is 1. The molecule has 20 heavy (non-hydrogen) atoms. The maximum atomic E-state index is 5.96. The zero-order valence-electron chi connectivity index (χ0n) is 11.1. The van der Waals surface area contributed by atoms with Gasteiger partial charge in [0, 0.05) is 24.5 Å². The number of ether oxygens (including phenoxy) is 2. The maximum Gasteiger partial charge on any atom is 0.143 e. The molecule has 4 nitrogen and oxygen atoms in total. The molecule has 1 heterocycles. The largest absolute Gasteiger partial charge is 0.496 e. The third-order valence-corrected chi connectivity index (χ3v) is 3.89. The monoisotopic (exact) mass is 400 g/mol. The average Bonchev–Trinajstić information content (AvgIpc) is 2.45. The van der Waals surface area contributed by atoms with Gasteiger partial charge in [-0.15, -0.1) is 0 Å². The number of nitrogens with zero attached hydrogens (tertiary/aromatic N) is 1. The van der Waals surface area contributed by atoms with Crippen molar-refractivity contribution in [1.29, 1.82) is 0 Å². The van der Waals surface area contributed by atoms with Crippen LogP contribution in [0.4, 0.5) is 0 Å². The fraction of sp³-hybridized carbons (Fsp3) is 0.214. The van der Waals surface area contributed by atoms with Gasteiger partial charge in [-0.1, -0.05) is 0 Å². The van der Waals surface area contributed by atoms with Crippen molar-refractivity contribution in [3.05, 3.63) is 45.1 Å². The van der Waals surface area contributed by atoms with E-state index in [-0.39, 0.29) is 0 Å². The SMILES string of the molecule is CNCc1cnccc1Oc1cc(Br)c(OC)cc1Br. The minimum atomic E-state index is 0.693. The van der Waals surface area contributed by atoms with Crippen molar-refractivity contribution in [2.75, 3.05) is 14.2 Å². The quantitative estimate of drug-likeness (QED) is 0.817. The van der Waals surface area contributed by atoms with Gasteiger partial charge in [-0.05, 0) is 57.1 Å². The van der Waals surface area contributed by atoms with Crippen LogP contribution >= 0.6 is 31.9 Å². The van der Waals surface area contributed by atoms with Gasteiger partial charge in [-0.25, -0.2) is 0 Å². The molecule has 0 spiro atoms. The van der Waals surface area contributed by atoms with Crippen LogP contribution in [-0.4, -0.2) is 19.1 Å². The Kier molecular flexibility index (Phi) is 5.39. The van der Waals surface area contributed by atoms with Gasteiger partial charge in [0.2, 0.25) is 0 Å². The van der Waals surface area contributed by atoms with E-state index in [0.717, 1.165) is 26.0 Å². The van der Waals surface area contributed by atoms with Crippen LogP contribution in [0.1, 0.15) is 5.56 Å². The van der Waals surface area contributed by atoms with Crippen molar-refractivity contribution in [1.82, 2.24) is 10.3 Å². The molecule has 1 aromatic heterocycles. The van der Waals surface area contributed by atoms with Crippen LogP contribution in [0.25, 0.3) is 0 Å². The molecule has 1 N–H and O–H groups in total. The van der Waals surface area contributed by atoms with Crippen LogP contribution in [0.5, 0.6) is 17.2 Å². The first-order valence-electron chi connectivity index (χ1n) is 5.94. The summed E-state index contributed by atoms with van der Waals surface area (Å²) in [6, 6.07) is 5.57. The van der Waals surface area contributed by atoms with E-state index >= 15 is 0 Å². The molecule has 0 fully saturated rings. The van der Waals surface area contributed by atoms with E-state index in [1.807, 2.05) is 25.2 Å². The van der Waals surface area contributed by atoms with Gasteiger partial charge in [0.25, 0.3) is 0 Å². The molecule has 0 aliphatic rings. The van der Waals surface area contributed by atoms with Gasteiger partial charge in [-0.3, -0.25) is 4.98 Å². The number of aromatic nitrogens is 1. The van der Waals surface area contributed by atoms with Crippen molar-refractivity contribution in [3.63, 3.8) is 0 Å². The molecule has 2 aromatic rings. The molecule has 0 bridgehead atoms. The first-order valence-corrected chi connectivity index (χ1v) is 7.52. The van der Waals surface area contributed by atoms with Gasteiger partial charge in [0.15, 0.2) is 0 Å². The number of hydrogen-bond acceptors (Lipinski definition) is 4. The summed E-state index contributed by atoms with van der Waals surface area (Å²) in [7, 11) is 3.51. The fourth-order valence-corrected chi connectivity index (χ4v) is 2.59. The topological polar surface area (TPSA) is 43.4 Å². The molecule has 0 saturated carbocycles. The van der Waals surface area contributed by atoms with E-state index in [2.05, 4.69) is 42.2 Å². The highest BCUT2D eigenvalue weighted by molar-refractivity contribution is 9.11. The Balaban J connectivity index is 2.33. The smallest absolute Gasteiger partial charge is 0.143 e. The Morgan fingerprint density at radius 1 is 1.15 bits per heavy atom. The lowest BCUT2D eigenvalue weighted by Gasteiger charge is -2.13. The highest BCUT2D eigenvalue weighted by atomic mass is 79.9. The summed E-state index contributed by atoms with van der Waals surface area (Å²) in [5.74, 6) is 2.22. The van der Waals surface area contributed by atoms with Gasteiger partial charge in [0.1, 0.15) is 17.2 Å². The van der Waals surface area contributed by atoms with E-state index in [1.54, 1.807) is 19.5 Å². The molecule has 0 saturated heterocycles. The molecule has 106 valence electrons. The Bertz CT molecular complexity index is 606. The molecule has 0 amide bonds. The molecule has 6 heteroatoms. The van der Waals surface area contributed by atoms with Gasteiger partial charge < -0.3 is 14.8 Å². The predicted molar refractivity (Wildman–Crippen MR) is 85.5 cm³/mol. The molecular formula is C14H14Br2N2O2. The van der Waals surface area contributed by atoms with E-state index in [1.165, 1.54) is 0 Å². The van der Waals surface area contributed by atoms with Crippen molar-refractivity contribution in [2.45, 2.75) is 6.54 Å². The van der Waals surface area contributed by atoms with Gasteiger partial charge in [0.05, 0.1) is 16.1 Å². The summed E-state index contributed by atoms with van der Waals surface area (Å²) < 4.78 is 12.9. The van der Waals surface area contributed by atoms with Crippen LogP contribution in [0.2, 0.25) is 0 Å². The lowest BCUT2D eigenvalue weighted by molar-refractivity contribution is 0.409. The fourth-order valence-electron chi connectivity index (χ4n) is 1.70. The molecule has 0 aliphatic heterocycles. The Hall–Kier alpha value is -1.11. The number of pyridine rings is 1. The number of nitrogens with one attached hydrogen (secondary N) is 1. The second-order valence-electron chi connectivity index (χ2n) is 4.03. The molecule has 1 aromatic carbocycles. The second-order valence-corrected chi connectivity index (χ2v) is 5.74. The van der Waals surface area contributed by atoms with E-state index in [9.17, 15) is 0 Å². The number of halogens is 2. The normalized spacial score (nSPS) is 10.4. The van der Waals surface area contributed by atoms with Crippen LogP contribution in [0.15, 0.2) is 39.5 Å². The predicted octanol–water partition coefficient (Wildman–Crippen LogP) is 4.13. The van der Waals surface area contributed by atoms with Crippen LogP contribution < -0.4 is 14.8 Å². The van der Waals surface area contributed by atoms with E-state index < -0.39 is 0 Å². The molecule has 0 atom stereocenters. The first kappa shape index (κ1) is 15.3. The third kappa shape index (κ3) is 3.50. The third-order valence-electron chi connectivity index (χ3n) is 2.65.